The third-order valence-corrected chi connectivity index (χ3v) is 4.30. The zero-order valence-electron chi connectivity index (χ0n) is 13.8. The van der Waals surface area contributed by atoms with Crippen LogP contribution in [0, 0.1) is 0 Å². The highest BCUT2D eigenvalue weighted by atomic mass is 19.4. The lowest BCUT2D eigenvalue weighted by Gasteiger charge is -2.34. The lowest BCUT2D eigenvalue weighted by Crippen LogP contribution is -2.54. The van der Waals surface area contributed by atoms with Crippen molar-refractivity contribution in [2.45, 2.75) is 31.2 Å². The number of carbonyl (C=O) groups is 2. The molecule has 3 rings (SSSR count). The Hall–Kier alpha value is -2.83. The van der Waals surface area contributed by atoms with Crippen LogP contribution in [0.5, 0.6) is 0 Å². The summed E-state index contributed by atoms with van der Waals surface area (Å²) in [4.78, 5) is 24.8. The fourth-order valence-electron chi connectivity index (χ4n) is 2.94. The number of nitrogens with one attached hydrogen (secondary N) is 1. The predicted octanol–water partition coefficient (Wildman–Crippen LogP) is 3.58. The smallest absolute Gasteiger partial charge is 0.412 e. The van der Waals surface area contributed by atoms with Crippen LogP contribution >= 0.6 is 0 Å². The lowest BCUT2D eigenvalue weighted by molar-refractivity contribution is -0.169. The van der Waals surface area contributed by atoms with Crippen LogP contribution in [0.3, 0.4) is 0 Å². The quantitative estimate of drug-likeness (QED) is 0.848. The molecule has 0 saturated heterocycles. The normalized spacial score (nSPS) is 20.7. The van der Waals surface area contributed by atoms with Gasteiger partial charge >= 0.3 is 12.1 Å². The summed E-state index contributed by atoms with van der Waals surface area (Å²) in [5.74, 6) is -1.72. The first-order valence-corrected chi connectivity index (χ1v) is 7.94. The fourth-order valence-corrected chi connectivity index (χ4v) is 2.94. The summed E-state index contributed by atoms with van der Waals surface area (Å²) in [5, 5.41) is 1.99. The van der Waals surface area contributed by atoms with E-state index >= 15 is 0 Å². The molecule has 2 aromatic rings. The van der Waals surface area contributed by atoms with E-state index in [4.69, 9.17) is 4.74 Å². The van der Waals surface area contributed by atoms with Crippen molar-refractivity contribution in [3.05, 3.63) is 71.3 Å². The van der Waals surface area contributed by atoms with E-state index in [1.54, 1.807) is 30.3 Å². The number of cyclic esters (lactones) is 1. The molecular weight excluding hydrogens is 347 g/mol. The van der Waals surface area contributed by atoms with E-state index in [0.717, 1.165) is 0 Å². The van der Waals surface area contributed by atoms with Gasteiger partial charge in [-0.15, -0.1) is 0 Å². The Labute approximate surface area is 148 Å². The maximum atomic E-state index is 13.5. The molecule has 4 nitrogen and oxygen atoms in total. The van der Waals surface area contributed by atoms with Crippen molar-refractivity contribution in [1.82, 2.24) is 5.32 Å². The number of rotatable bonds is 3. The Bertz CT molecular complexity index is 835. The van der Waals surface area contributed by atoms with Gasteiger partial charge in [0.25, 0.3) is 5.91 Å². The van der Waals surface area contributed by atoms with Gasteiger partial charge in [0.05, 0.1) is 5.56 Å². The first kappa shape index (κ1) is 18.0. The number of alkyl halides is 3. The number of hydrogen-bond donors (Lipinski definition) is 1. The third kappa shape index (κ3) is 3.42. The highest BCUT2D eigenvalue weighted by molar-refractivity contribution is 5.97. The molecule has 0 saturated carbocycles. The zero-order chi connectivity index (χ0) is 18.9. The third-order valence-electron chi connectivity index (χ3n) is 4.30. The average molecular weight is 363 g/mol. The monoisotopic (exact) mass is 363 g/mol. The number of esters is 1. The molecule has 0 bridgehead atoms. The molecule has 26 heavy (non-hydrogen) atoms. The fraction of sp³-hybridized carbons (Fsp3) is 0.263. The van der Waals surface area contributed by atoms with Crippen molar-refractivity contribution in [2.75, 3.05) is 0 Å². The van der Waals surface area contributed by atoms with E-state index in [9.17, 15) is 22.8 Å². The second-order valence-corrected chi connectivity index (χ2v) is 6.31. The van der Waals surface area contributed by atoms with Crippen LogP contribution in [0.1, 0.15) is 34.5 Å². The number of halogens is 3. The lowest BCUT2D eigenvalue weighted by atomic mass is 9.89. The molecule has 1 amide bonds. The molecule has 2 aromatic carbocycles. The summed E-state index contributed by atoms with van der Waals surface area (Å²) in [6, 6.07) is 11.4. The van der Waals surface area contributed by atoms with E-state index in [1.165, 1.54) is 31.2 Å². The Kier molecular flexibility index (Phi) is 4.48. The van der Waals surface area contributed by atoms with Gasteiger partial charge in [-0.25, -0.2) is 4.79 Å². The van der Waals surface area contributed by atoms with Crippen molar-refractivity contribution in [3.63, 3.8) is 0 Å². The van der Waals surface area contributed by atoms with Gasteiger partial charge in [0, 0.05) is 6.42 Å². The molecule has 0 aliphatic carbocycles. The maximum absolute atomic E-state index is 13.5. The van der Waals surface area contributed by atoms with Crippen LogP contribution in [-0.4, -0.2) is 23.7 Å². The number of hydrogen-bond acceptors (Lipinski definition) is 3. The molecule has 0 unspecified atom stereocenters. The number of fused-ring (bicyclic) bond motifs is 1. The maximum Gasteiger partial charge on any atom is 0.412 e. The minimum absolute atomic E-state index is 0.000113. The highest BCUT2D eigenvalue weighted by Crippen LogP contribution is 2.34. The molecule has 0 spiro atoms. The van der Waals surface area contributed by atoms with Crippen molar-refractivity contribution in [2.24, 2.45) is 0 Å². The van der Waals surface area contributed by atoms with Gasteiger partial charge in [0.15, 0.2) is 11.6 Å². The van der Waals surface area contributed by atoms with Crippen molar-refractivity contribution in [1.29, 1.82) is 0 Å². The number of carbonyl (C=O) groups excluding carboxylic acids is 2. The predicted molar refractivity (Wildman–Crippen MR) is 87.3 cm³/mol. The van der Waals surface area contributed by atoms with E-state index in [1.807, 2.05) is 5.32 Å². The number of benzene rings is 2. The van der Waals surface area contributed by atoms with Gasteiger partial charge in [-0.05, 0) is 24.1 Å². The van der Waals surface area contributed by atoms with Gasteiger partial charge in [-0.3, -0.25) is 4.79 Å². The largest absolute Gasteiger partial charge is 0.445 e. The first-order valence-electron chi connectivity index (χ1n) is 7.94. The Morgan fingerprint density at radius 1 is 1.12 bits per heavy atom. The van der Waals surface area contributed by atoms with E-state index in [0.29, 0.717) is 11.1 Å². The molecule has 1 N–H and O–H groups in total. The van der Waals surface area contributed by atoms with Crippen LogP contribution in [0.15, 0.2) is 54.6 Å². The van der Waals surface area contributed by atoms with Crippen LogP contribution in [0.25, 0.3) is 0 Å². The standard InChI is InChI=1S/C19H16F3NO3/c1-18(11-13-9-5-6-10-14(13)16(24)26-18)17(25)23-15(19(20,21)22)12-7-3-2-4-8-12/h2-10,15H,11H2,1H3,(H,23,25)/t15-,18-/m1/s1. The van der Waals surface area contributed by atoms with Gasteiger partial charge in [-0.1, -0.05) is 48.5 Å². The van der Waals surface area contributed by atoms with Gasteiger partial charge in [0.1, 0.15) is 0 Å². The van der Waals surface area contributed by atoms with E-state index in [-0.39, 0.29) is 12.0 Å². The number of amides is 1. The van der Waals surface area contributed by atoms with Gasteiger partial charge in [0.2, 0.25) is 0 Å². The van der Waals surface area contributed by atoms with E-state index < -0.39 is 29.7 Å². The molecule has 7 heteroatoms. The summed E-state index contributed by atoms with van der Waals surface area (Å²) < 4.78 is 45.5. The highest BCUT2D eigenvalue weighted by Gasteiger charge is 2.48. The van der Waals surface area contributed by atoms with Gasteiger partial charge < -0.3 is 10.1 Å². The SMILES string of the molecule is C[C@]1(C(=O)N[C@H](c2ccccc2)C(F)(F)F)Cc2ccccc2C(=O)O1. The Morgan fingerprint density at radius 3 is 2.38 bits per heavy atom. The first-order chi connectivity index (χ1) is 12.2. The van der Waals surface area contributed by atoms with Crippen molar-refractivity contribution < 1.29 is 27.5 Å². The Morgan fingerprint density at radius 2 is 1.73 bits per heavy atom. The van der Waals surface area contributed by atoms with Crippen molar-refractivity contribution in [3.8, 4) is 0 Å². The molecule has 136 valence electrons. The summed E-state index contributed by atoms with van der Waals surface area (Å²) in [5.41, 5.74) is -0.943. The molecule has 2 atom stereocenters. The molecule has 1 aliphatic heterocycles. The molecule has 1 aliphatic rings. The minimum Gasteiger partial charge on any atom is -0.445 e. The second kappa shape index (κ2) is 6.48. The molecular formula is C19H16F3NO3. The van der Waals surface area contributed by atoms with Crippen molar-refractivity contribution >= 4 is 11.9 Å². The van der Waals surface area contributed by atoms with Crippen LogP contribution < -0.4 is 5.32 Å². The summed E-state index contributed by atoms with van der Waals surface area (Å²) in [6.45, 7) is 1.31. The van der Waals surface area contributed by atoms with Crippen LogP contribution in [0.2, 0.25) is 0 Å². The molecule has 0 fully saturated rings. The van der Waals surface area contributed by atoms with Crippen LogP contribution in [0.4, 0.5) is 13.2 Å². The average Bonchev–Trinajstić information content (AvgIpc) is 2.59. The van der Waals surface area contributed by atoms with E-state index in [2.05, 4.69) is 0 Å². The zero-order valence-corrected chi connectivity index (χ0v) is 13.8. The minimum atomic E-state index is -4.69. The Balaban J connectivity index is 1.87. The number of ether oxygens (including phenoxy) is 1. The topological polar surface area (TPSA) is 55.4 Å². The van der Waals surface area contributed by atoms with Crippen LogP contribution in [-0.2, 0) is 16.0 Å². The second-order valence-electron chi connectivity index (χ2n) is 6.31. The summed E-state index contributed by atoms with van der Waals surface area (Å²) >= 11 is 0. The molecule has 1 heterocycles. The summed E-state index contributed by atoms with van der Waals surface area (Å²) in [7, 11) is 0. The van der Waals surface area contributed by atoms with Gasteiger partial charge in [-0.2, -0.15) is 13.2 Å². The molecule has 0 aromatic heterocycles. The molecule has 0 radical (unpaired) electrons. The summed E-state index contributed by atoms with van der Waals surface area (Å²) in [6.07, 6.45) is -4.69.